The van der Waals surface area contributed by atoms with Crippen LogP contribution in [0.2, 0.25) is 0 Å². The minimum Gasteiger partial charge on any atom is -0.328 e. The van der Waals surface area contributed by atoms with Crippen molar-refractivity contribution < 1.29 is 13.2 Å². The molecule has 1 aromatic rings. The predicted octanol–water partition coefficient (Wildman–Crippen LogP) is 4.08. The number of hydrogen-bond acceptors (Lipinski definition) is 1. The van der Waals surface area contributed by atoms with Crippen LogP contribution >= 0.6 is 0 Å². The maximum Gasteiger partial charge on any atom is 0.416 e. The van der Waals surface area contributed by atoms with Crippen molar-refractivity contribution in [2.75, 3.05) is 0 Å². The van der Waals surface area contributed by atoms with Gasteiger partial charge in [-0.2, -0.15) is 13.2 Å². The van der Waals surface area contributed by atoms with Crippen LogP contribution in [-0.2, 0) is 6.18 Å². The highest BCUT2D eigenvalue weighted by atomic mass is 19.4. The highest BCUT2D eigenvalue weighted by molar-refractivity contribution is 5.27. The Kier molecular flexibility index (Phi) is 3.95. The molecule has 1 aliphatic carbocycles. The monoisotopic (exact) mass is 257 g/mol. The third kappa shape index (κ3) is 3.25. The van der Waals surface area contributed by atoms with Gasteiger partial charge in [0.05, 0.1) is 5.56 Å². The highest BCUT2D eigenvalue weighted by Crippen LogP contribution is 2.34. The van der Waals surface area contributed by atoms with Crippen molar-refractivity contribution in [1.82, 2.24) is 0 Å². The Balaban J connectivity index is 2.09. The molecule has 2 rings (SSSR count). The van der Waals surface area contributed by atoms with Gasteiger partial charge in [0.2, 0.25) is 0 Å². The van der Waals surface area contributed by atoms with Crippen LogP contribution in [0.1, 0.15) is 49.1 Å². The van der Waals surface area contributed by atoms with Crippen molar-refractivity contribution in [2.45, 2.75) is 50.2 Å². The molecule has 0 heterocycles. The Morgan fingerprint density at radius 1 is 0.944 bits per heavy atom. The summed E-state index contributed by atoms with van der Waals surface area (Å²) in [6.07, 6.45) is 0.811. The number of hydrogen-bond donors (Lipinski definition) is 1. The summed E-state index contributed by atoms with van der Waals surface area (Å²) in [5, 5.41) is 0. The SMILES string of the molecule is NC1CCCC(c2ccc(C(F)(F)F)cc2)CC1. The zero-order valence-corrected chi connectivity index (χ0v) is 10.2. The number of rotatable bonds is 1. The van der Waals surface area contributed by atoms with Crippen molar-refractivity contribution in [3.8, 4) is 0 Å². The van der Waals surface area contributed by atoms with Gasteiger partial charge in [-0.3, -0.25) is 0 Å². The van der Waals surface area contributed by atoms with Gasteiger partial charge in [-0.1, -0.05) is 18.6 Å². The summed E-state index contributed by atoms with van der Waals surface area (Å²) >= 11 is 0. The molecule has 4 heteroatoms. The van der Waals surface area contributed by atoms with E-state index in [0.717, 1.165) is 37.7 Å². The molecular weight excluding hydrogens is 239 g/mol. The molecule has 0 radical (unpaired) electrons. The van der Waals surface area contributed by atoms with E-state index in [1.165, 1.54) is 12.1 Å². The van der Waals surface area contributed by atoms with Crippen molar-refractivity contribution in [3.05, 3.63) is 35.4 Å². The third-order valence-corrected chi connectivity index (χ3v) is 3.72. The molecule has 1 aliphatic rings. The van der Waals surface area contributed by atoms with Crippen LogP contribution in [0, 0.1) is 0 Å². The summed E-state index contributed by atoms with van der Waals surface area (Å²) in [4.78, 5) is 0. The lowest BCUT2D eigenvalue weighted by atomic mass is 9.91. The zero-order valence-electron chi connectivity index (χ0n) is 10.2. The summed E-state index contributed by atoms with van der Waals surface area (Å²) in [6, 6.07) is 5.85. The van der Waals surface area contributed by atoms with Crippen LogP contribution in [-0.4, -0.2) is 6.04 Å². The van der Waals surface area contributed by atoms with Gasteiger partial charge in [-0.05, 0) is 49.3 Å². The summed E-state index contributed by atoms with van der Waals surface area (Å²) < 4.78 is 37.4. The Morgan fingerprint density at radius 2 is 1.61 bits per heavy atom. The molecule has 1 aromatic carbocycles. The molecule has 1 nitrogen and oxygen atoms in total. The normalized spacial score (nSPS) is 25.8. The van der Waals surface area contributed by atoms with E-state index in [-0.39, 0.29) is 6.04 Å². The van der Waals surface area contributed by atoms with Gasteiger partial charge in [-0.25, -0.2) is 0 Å². The molecule has 2 unspecified atom stereocenters. The molecule has 1 saturated carbocycles. The number of benzene rings is 1. The van der Waals surface area contributed by atoms with Crippen molar-refractivity contribution in [1.29, 1.82) is 0 Å². The van der Waals surface area contributed by atoms with E-state index in [0.29, 0.717) is 5.92 Å². The maximum absolute atomic E-state index is 12.5. The minimum absolute atomic E-state index is 0.254. The fourth-order valence-electron chi connectivity index (χ4n) is 2.61. The molecule has 0 bridgehead atoms. The molecule has 0 aliphatic heterocycles. The van der Waals surface area contributed by atoms with E-state index >= 15 is 0 Å². The standard InChI is InChI=1S/C14H18F3N/c15-14(16,17)12-7-4-11(5-8-12)10-2-1-3-13(18)9-6-10/h4-5,7-8,10,13H,1-3,6,9,18H2. The van der Waals surface area contributed by atoms with Crippen molar-refractivity contribution in [2.24, 2.45) is 5.73 Å². The van der Waals surface area contributed by atoms with Crippen molar-refractivity contribution in [3.63, 3.8) is 0 Å². The number of nitrogens with two attached hydrogens (primary N) is 1. The summed E-state index contributed by atoms with van der Waals surface area (Å²) in [6.45, 7) is 0. The second-order valence-corrected chi connectivity index (χ2v) is 5.09. The van der Waals surface area contributed by atoms with E-state index in [1.54, 1.807) is 12.1 Å². The van der Waals surface area contributed by atoms with Crippen LogP contribution < -0.4 is 5.73 Å². The molecule has 2 N–H and O–H groups in total. The fourth-order valence-corrected chi connectivity index (χ4v) is 2.61. The van der Waals surface area contributed by atoms with Crippen LogP contribution in [0.15, 0.2) is 24.3 Å². The van der Waals surface area contributed by atoms with Gasteiger partial charge in [-0.15, -0.1) is 0 Å². The lowest BCUT2D eigenvalue weighted by Crippen LogP contribution is -2.17. The van der Waals surface area contributed by atoms with Crippen LogP contribution in [0.5, 0.6) is 0 Å². The predicted molar refractivity (Wildman–Crippen MR) is 65.2 cm³/mol. The first-order valence-corrected chi connectivity index (χ1v) is 6.39. The van der Waals surface area contributed by atoms with Crippen LogP contribution in [0.4, 0.5) is 13.2 Å². The average Bonchev–Trinajstić information content (AvgIpc) is 2.53. The number of halogens is 3. The largest absolute Gasteiger partial charge is 0.416 e. The molecule has 1 fully saturated rings. The second-order valence-electron chi connectivity index (χ2n) is 5.09. The van der Waals surface area contributed by atoms with Gasteiger partial charge in [0.15, 0.2) is 0 Å². The first-order valence-electron chi connectivity index (χ1n) is 6.39. The minimum atomic E-state index is -4.25. The van der Waals surface area contributed by atoms with Gasteiger partial charge in [0.25, 0.3) is 0 Å². The average molecular weight is 257 g/mol. The Labute approximate surface area is 105 Å². The first kappa shape index (κ1) is 13.4. The van der Waals surface area contributed by atoms with E-state index in [4.69, 9.17) is 5.73 Å². The highest BCUT2D eigenvalue weighted by Gasteiger charge is 2.30. The van der Waals surface area contributed by atoms with Gasteiger partial charge >= 0.3 is 6.18 Å². The Bertz CT molecular complexity index is 383. The lowest BCUT2D eigenvalue weighted by molar-refractivity contribution is -0.137. The molecule has 0 amide bonds. The molecule has 100 valence electrons. The summed E-state index contributed by atoms with van der Waals surface area (Å²) in [7, 11) is 0. The molecule has 18 heavy (non-hydrogen) atoms. The van der Waals surface area contributed by atoms with E-state index in [2.05, 4.69) is 0 Å². The first-order chi connectivity index (χ1) is 8.47. The molecular formula is C14H18F3N. The van der Waals surface area contributed by atoms with Crippen molar-refractivity contribution >= 4 is 0 Å². The molecule has 2 atom stereocenters. The van der Waals surface area contributed by atoms with Crippen LogP contribution in [0.3, 0.4) is 0 Å². The molecule has 0 saturated heterocycles. The smallest absolute Gasteiger partial charge is 0.328 e. The molecule has 0 spiro atoms. The quantitative estimate of drug-likeness (QED) is 0.754. The maximum atomic E-state index is 12.5. The Morgan fingerprint density at radius 3 is 2.22 bits per heavy atom. The second kappa shape index (κ2) is 5.31. The van der Waals surface area contributed by atoms with E-state index in [9.17, 15) is 13.2 Å². The van der Waals surface area contributed by atoms with E-state index in [1.807, 2.05) is 0 Å². The zero-order chi connectivity index (χ0) is 13.2. The summed E-state index contributed by atoms with van der Waals surface area (Å²) in [5.41, 5.74) is 6.35. The Hall–Kier alpha value is -1.03. The molecule has 0 aromatic heterocycles. The van der Waals surface area contributed by atoms with Gasteiger partial charge < -0.3 is 5.73 Å². The van der Waals surface area contributed by atoms with Crippen LogP contribution in [0.25, 0.3) is 0 Å². The third-order valence-electron chi connectivity index (χ3n) is 3.72. The fraction of sp³-hybridized carbons (Fsp3) is 0.571. The number of alkyl halides is 3. The van der Waals surface area contributed by atoms with E-state index < -0.39 is 11.7 Å². The van der Waals surface area contributed by atoms with Gasteiger partial charge in [0, 0.05) is 6.04 Å². The van der Waals surface area contributed by atoms with Gasteiger partial charge in [0.1, 0.15) is 0 Å². The lowest BCUT2D eigenvalue weighted by Gasteiger charge is -2.15. The summed E-state index contributed by atoms with van der Waals surface area (Å²) in [5.74, 6) is 0.362. The topological polar surface area (TPSA) is 26.0 Å².